The Labute approximate surface area is 151 Å². The van der Waals surface area contributed by atoms with E-state index in [9.17, 15) is 9.59 Å². The SMILES string of the molecule is Cn1ccc(C(=O)N2CCN(c3cncc4ccccc34)CC2)cc1=O. The summed E-state index contributed by atoms with van der Waals surface area (Å²) in [6.07, 6.45) is 5.39. The van der Waals surface area contributed by atoms with E-state index < -0.39 is 0 Å². The molecule has 0 aliphatic carbocycles. The first-order valence-corrected chi connectivity index (χ1v) is 8.67. The van der Waals surface area contributed by atoms with Gasteiger partial charge in [0.2, 0.25) is 0 Å². The Morgan fingerprint density at radius 1 is 1.04 bits per heavy atom. The number of piperazine rings is 1. The molecule has 1 aliphatic heterocycles. The first-order valence-electron chi connectivity index (χ1n) is 8.67. The third-order valence-electron chi connectivity index (χ3n) is 4.91. The van der Waals surface area contributed by atoms with Gasteiger partial charge >= 0.3 is 0 Å². The average molecular weight is 348 g/mol. The quantitative estimate of drug-likeness (QED) is 0.710. The van der Waals surface area contributed by atoms with Crippen molar-refractivity contribution >= 4 is 22.4 Å². The van der Waals surface area contributed by atoms with E-state index >= 15 is 0 Å². The van der Waals surface area contributed by atoms with Gasteiger partial charge in [-0.3, -0.25) is 14.6 Å². The van der Waals surface area contributed by atoms with Crippen LogP contribution in [0.3, 0.4) is 0 Å². The third-order valence-corrected chi connectivity index (χ3v) is 4.91. The normalized spacial score (nSPS) is 14.7. The van der Waals surface area contributed by atoms with E-state index in [1.807, 2.05) is 29.4 Å². The largest absolute Gasteiger partial charge is 0.366 e. The van der Waals surface area contributed by atoms with Crippen molar-refractivity contribution in [2.24, 2.45) is 7.05 Å². The van der Waals surface area contributed by atoms with Gasteiger partial charge in [0.15, 0.2) is 0 Å². The lowest BCUT2D eigenvalue weighted by Crippen LogP contribution is -2.49. The van der Waals surface area contributed by atoms with E-state index in [1.54, 1.807) is 19.3 Å². The monoisotopic (exact) mass is 348 g/mol. The molecule has 6 nitrogen and oxygen atoms in total. The van der Waals surface area contributed by atoms with Crippen molar-refractivity contribution in [2.45, 2.75) is 0 Å². The molecule has 0 bridgehead atoms. The molecule has 0 radical (unpaired) electrons. The van der Waals surface area contributed by atoms with Crippen LogP contribution in [0.5, 0.6) is 0 Å². The van der Waals surface area contributed by atoms with Crippen LogP contribution in [0.15, 0.2) is 59.8 Å². The lowest BCUT2D eigenvalue weighted by molar-refractivity contribution is 0.0746. The maximum Gasteiger partial charge on any atom is 0.254 e. The van der Waals surface area contributed by atoms with Gasteiger partial charge in [-0.25, -0.2) is 0 Å². The highest BCUT2D eigenvalue weighted by molar-refractivity contribution is 5.95. The number of hydrogen-bond acceptors (Lipinski definition) is 4. The highest BCUT2D eigenvalue weighted by atomic mass is 16.2. The number of carbonyl (C=O) groups is 1. The zero-order valence-electron chi connectivity index (χ0n) is 14.6. The van der Waals surface area contributed by atoms with Gasteiger partial charge in [0.25, 0.3) is 11.5 Å². The van der Waals surface area contributed by atoms with E-state index in [0.717, 1.165) is 24.2 Å². The van der Waals surface area contributed by atoms with Gasteiger partial charge in [-0.15, -0.1) is 0 Å². The van der Waals surface area contributed by atoms with Gasteiger partial charge in [0.1, 0.15) is 0 Å². The van der Waals surface area contributed by atoms with E-state index in [0.29, 0.717) is 18.7 Å². The van der Waals surface area contributed by atoms with E-state index in [4.69, 9.17) is 0 Å². The molecule has 26 heavy (non-hydrogen) atoms. The molecule has 6 heteroatoms. The van der Waals surface area contributed by atoms with Crippen LogP contribution in [0.2, 0.25) is 0 Å². The second-order valence-corrected chi connectivity index (χ2v) is 6.52. The predicted octanol–water partition coefficient (Wildman–Crippen LogP) is 1.90. The number of benzene rings is 1. The summed E-state index contributed by atoms with van der Waals surface area (Å²) in [6, 6.07) is 11.3. The Morgan fingerprint density at radius 2 is 1.81 bits per heavy atom. The molecule has 4 rings (SSSR count). The maximum atomic E-state index is 12.7. The molecule has 132 valence electrons. The highest BCUT2D eigenvalue weighted by Crippen LogP contribution is 2.26. The lowest BCUT2D eigenvalue weighted by Gasteiger charge is -2.36. The number of fused-ring (bicyclic) bond motifs is 1. The molecule has 3 heterocycles. The Bertz CT molecular complexity index is 1010. The Balaban J connectivity index is 1.51. The minimum atomic E-state index is -0.170. The van der Waals surface area contributed by atoms with Crippen LogP contribution in [0.1, 0.15) is 10.4 Å². The molecule has 0 N–H and O–H groups in total. The molecule has 3 aromatic rings. The topological polar surface area (TPSA) is 58.4 Å². The van der Waals surface area contributed by atoms with Gasteiger partial charge in [-0.05, 0) is 6.07 Å². The molecule has 0 atom stereocenters. The van der Waals surface area contributed by atoms with Gasteiger partial charge < -0.3 is 14.4 Å². The third kappa shape index (κ3) is 2.94. The smallest absolute Gasteiger partial charge is 0.254 e. The summed E-state index contributed by atoms with van der Waals surface area (Å²) in [4.78, 5) is 32.9. The van der Waals surface area contributed by atoms with Crippen LogP contribution in [0, 0.1) is 0 Å². The van der Waals surface area contributed by atoms with Crippen LogP contribution in [0.4, 0.5) is 5.69 Å². The maximum absolute atomic E-state index is 12.7. The van der Waals surface area contributed by atoms with Gasteiger partial charge in [-0.1, -0.05) is 24.3 Å². The van der Waals surface area contributed by atoms with Crippen LogP contribution >= 0.6 is 0 Å². The fraction of sp³-hybridized carbons (Fsp3) is 0.250. The van der Waals surface area contributed by atoms with Crippen LogP contribution < -0.4 is 10.5 Å². The number of anilines is 1. The van der Waals surface area contributed by atoms with Crippen molar-refractivity contribution in [2.75, 3.05) is 31.1 Å². The van der Waals surface area contributed by atoms with E-state index in [1.165, 1.54) is 16.0 Å². The number of rotatable bonds is 2. The first kappa shape index (κ1) is 16.3. The fourth-order valence-corrected chi connectivity index (χ4v) is 3.37. The number of nitrogens with zero attached hydrogens (tertiary/aromatic N) is 4. The summed E-state index contributed by atoms with van der Waals surface area (Å²) >= 11 is 0. The summed E-state index contributed by atoms with van der Waals surface area (Å²) < 4.78 is 1.46. The number of hydrogen-bond donors (Lipinski definition) is 0. The minimum Gasteiger partial charge on any atom is -0.366 e. The highest BCUT2D eigenvalue weighted by Gasteiger charge is 2.23. The Kier molecular flexibility index (Phi) is 4.16. The van der Waals surface area contributed by atoms with Crippen molar-refractivity contribution in [3.63, 3.8) is 0 Å². The molecule has 1 amide bonds. The second kappa shape index (κ2) is 6.63. The standard InChI is InChI=1S/C20H20N4O2/c1-22-7-6-15(12-19(22)25)20(26)24-10-8-23(9-11-24)18-14-21-13-16-4-2-3-5-17(16)18/h2-7,12-14H,8-11H2,1H3. The summed E-state index contributed by atoms with van der Waals surface area (Å²) in [7, 11) is 1.67. The van der Waals surface area contributed by atoms with Crippen molar-refractivity contribution < 1.29 is 4.79 Å². The molecule has 1 aliphatic rings. The Hall–Kier alpha value is -3.15. The molecule has 0 spiro atoms. The first-order chi connectivity index (χ1) is 12.6. The molecular formula is C20H20N4O2. The molecule has 2 aromatic heterocycles. The van der Waals surface area contributed by atoms with Crippen molar-refractivity contribution in [3.05, 3.63) is 70.9 Å². The van der Waals surface area contributed by atoms with Crippen LogP contribution in [0.25, 0.3) is 10.8 Å². The zero-order valence-corrected chi connectivity index (χ0v) is 14.6. The number of carbonyl (C=O) groups excluding carboxylic acids is 1. The van der Waals surface area contributed by atoms with Crippen LogP contribution in [-0.2, 0) is 7.05 Å². The average Bonchev–Trinajstić information content (AvgIpc) is 2.69. The summed E-state index contributed by atoms with van der Waals surface area (Å²) in [6.45, 7) is 2.73. The second-order valence-electron chi connectivity index (χ2n) is 6.52. The van der Waals surface area contributed by atoms with E-state index in [2.05, 4.69) is 22.0 Å². The van der Waals surface area contributed by atoms with Gasteiger partial charge in [0, 0.05) is 68.0 Å². The minimum absolute atomic E-state index is 0.0848. The number of aromatic nitrogens is 2. The lowest BCUT2D eigenvalue weighted by atomic mass is 10.1. The molecule has 1 fully saturated rings. The number of pyridine rings is 2. The summed E-state index contributed by atoms with van der Waals surface area (Å²) in [5, 5.41) is 2.29. The summed E-state index contributed by atoms with van der Waals surface area (Å²) in [5.41, 5.74) is 1.38. The predicted molar refractivity (Wildman–Crippen MR) is 102 cm³/mol. The fourth-order valence-electron chi connectivity index (χ4n) is 3.37. The molecule has 0 saturated carbocycles. The molecule has 0 unspecified atom stereocenters. The summed E-state index contributed by atoms with van der Waals surface area (Å²) in [5.74, 6) is -0.0848. The molecule has 1 aromatic carbocycles. The molecule has 1 saturated heterocycles. The molecular weight excluding hydrogens is 328 g/mol. The van der Waals surface area contributed by atoms with Crippen molar-refractivity contribution in [1.29, 1.82) is 0 Å². The Morgan fingerprint density at radius 3 is 2.58 bits per heavy atom. The number of amides is 1. The van der Waals surface area contributed by atoms with Crippen molar-refractivity contribution in [1.82, 2.24) is 14.5 Å². The van der Waals surface area contributed by atoms with Gasteiger partial charge in [-0.2, -0.15) is 0 Å². The van der Waals surface area contributed by atoms with Gasteiger partial charge in [0.05, 0.1) is 11.9 Å². The van der Waals surface area contributed by atoms with Crippen LogP contribution in [-0.4, -0.2) is 46.5 Å². The number of aryl methyl sites for hydroxylation is 1. The zero-order chi connectivity index (χ0) is 18.1. The van der Waals surface area contributed by atoms with Crippen molar-refractivity contribution in [3.8, 4) is 0 Å². The van der Waals surface area contributed by atoms with E-state index in [-0.39, 0.29) is 11.5 Å².